The fourth-order valence-corrected chi connectivity index (χ4v) is 4.11. The van der Waals surface area contributed by atoms with E-state index in [0.29, 0.717) is 39.9 Å². The summed E-state index contributed by atoms with van der Waals surface area (Å²) in [5.41, 5.74) is 1.63. The molecule has 0 spiro atoms. The zero-order chi connectivity index (χ0) is 24.0. The van der Waals surface area contributed by atoms with Crippen LogP contribution in [0.25, 0.3) is 0 Å². The molecule has 9 heteroatoms. The molecule has 7 nitrogen and oxygen atoms in total. The van der Waals surface area contributed by atoms with Crippen molar-refractivity contribution in [2.24, 2.45) is 5.92 Å². The first-order chi connectivity index (χ1) is 15.8. The van der Waals surface area contributed by atoms with Crippen LogP contribution in [-0.2, 0) is 11.3 Å². The van der Waals surface area contributed by atoms with Crippen molar-refractivity contribution in [3.05, 3.63) is 58.9 Å². The predicted octanol–water partition coefficient (Wildman–Crippen LogP) is 5.78. The molecule has 0 saturated heterocycles. The summed E-state index contributed by atoms with van der Waals surface area (Å²) in [5, 5.41) is 12.9. The van der Waals surface area contributed by atoms with E-state index in [9.17, 15) is 4.79 Å². The number of rotatable bonds is 10. The number of nitrogens with one attached hydrogen (secondary N) is 1. The van der Waals surface area contributed by atoms with E-state index in [1.807, 2.05) is 54.8 Å². The second kappa shape index (κ2) is 11.4. The number of hydrogen-bond acceptors (Lipinski definition) is 6. The molecule has 0 saturated carbocycles. The van der Waals surface area contributed by atoms with Gasteiger partial charge in [0.05, 0.1) is 12.9 Å². The minimum atomic E-state index is -0.332. The fourth-order valence-electron chi connectivity index (χ4n) is 3.17. The number of carbonyl (C=O) groups is 1. The van der Waals surface area contributed by atoms with Crippen LogP contribution < -0.4 is 14.8 Å². The molecular formula is C24H29ClN4O3S. The van der Waals surface area contributed by atoms with Gasteiger partial charge in [-0.25, -0.2) is 0 Å². The molecule has 2 aromatic carbocycles. The van der Waals surface area contributed by atoms with Gasteiger partial charge in [0.1, 0.15) is 11.5 Å². The number of thioether (sulfide) groups is 1. The maximum atomic E-state index is 12.5. The standard InChI is InChI=1S/C24H29ClN4O3S/c1-15(2)13-29-23(17(4)32-20-8-6-7-19(12-20)31-5)27-28-24(29)33-14-22(30)26-18-10-9-16(3)21(25)11-18/h6-12,15,17H,13-14H2,1-5H3,(H,26,30). The lowest BCUT2D eigenvalue weighted by atomic mass is 10.2. The van der Waals surface area contributed by atoms with Gasteiger partial charge in [0.25, 0.3) is 0 Å². The van der Waals surface area contributed by atoms with Gasteiger partial charge in [-0.15, -0.1) is 10.2 Å². The van der Waals surface area contributed by atoms with Crippen molar-refractivity contribution in [3.8, 4) is 11.5 Å². The van der Waals surface area contributed by atoms with Crippen molar-refractivity contribution in [1.82, 2.24) is 14.8 Å². The molecule has 3 rings (SSSR count). The van der Waals surface area contributed by atoms with Gasteiger partial charge >= 0.3 is 0 Å². The van der Waals surface area contributed by atoms with E-state index in [1.165, 1.54) is 11.8 Å². The molecule has 3 aromatic rings. The van der Waals surface area contributed by atoms with Gasteiger partial charge in [-0.3, -0.25) is 4.79 Å². The third-order valence-electron chi connectivity index (χ3n) is 4.80. The first kappa shape index (κ1) is 24.9. The molecule has 1 unspecified atom stereocenters. The molecule has 0 aliphatic rings. The molecule has 1 amide bonds. The fraction of sp³-hybridized carbons (Fsp3) is 0.375. The molecule has 1 atom stereocenters. The second-order valence-corrected chi connectivity index (χ2v) is 9.43. The highest BCUT2D eigenvalue weighted by molar-refractivity contribution is 7.99. The number of amides is 1. The Hall–Kier alpha value is -2.71. The number of halogens is 1. The number of anilines is 1. The molecular weight excluding hydrogens is 460 g/mol. The number of hydrogen-bond donors (Lipinski definition) is 1. The van der Waals surface area contributed by atoms with Crippen molar-refractivity contribution in [3.63, 3.8) is 0 Å². The highest BCUT2D eigenvalue weighted by atomic mass is 35.5. The lowest BCUT2D eigenvalue weighted by molar-refractivity contribution is -0.113. The summed E-state index contributed by atoms with van der Waals surface area (Å²) in [6.45, 7) is 8.81. The molecule has 176 valence electrons. The van der Waals surface area contributed by atoms with Gasteiger partial charge in [0.2, 0.25) is 5.91 Å². The molecule has 0 aliphatic carbocycles. The lowest BCUT2D eigenvalue weighted by Crippen LogP contribution is -2.17. The van der Waals surface area contributed by atoms with E-state index in [-0.39, 0.29) is 17.8 Å². The van der Waals surface area contributed by atoms with Gasteiger partial charge in [-0.05, 0) is 49.6 Å². The van der Waals surface area contributed by atoms with Crippen molar-refractivity contribution >= 4 is 35.0 Å². The molecule has 0 bridgehead atoms. The first-order valence-electron chi connectivity index (χ1n) is 10.7. The van der Waals surface area contributed by atoms with E-state index >= 15 is 0 Å². The minimum Gasteiger partial charge on any atom is -0.497 e. The summed E-state index contributed by atoms with van der Waals surface area (Å²) in [6.07, 6.45) is -0.332. The molecule has 0 aliphatic heterocycles. The lowest BCUT2D eigenvalue weighted by Gasteiger charge is -2.18. The number of methoxy groups -OCH3 is 1. The van der Waals surface area contributed by atoms with E-state index in [4.69, 9.17) is 21.1 Å². The Morgan fingerprint density at radius 3 is 2.61 bits per heavy atom. The number of aryl methyl sites for hydroxylation is 1. The Bertz CT molecular complexity index is 1100. The van der Waals surface area contributed by atoms with Crippen LogP contribution in [0.15, 0.2) is 47.6 Å². The summed E-state index contributed by atoms with van der Waals surface area (Å²) >= 11 is 7.49. The Balaban J connectivity index is 1.70. The Morgan fingerprint density at radius 2 is 1.91 bits per heavy atom. The monoisotopic (exact) mass is 488 g/mol. The van der Waals surface area contributed by atoms with E-state index in [0.717, 1.165) is 11.3 Å². The van der Waals surface area contributed by atoms with Gasteiger partial charge in [0, 0.05) is 23.3 Å². The summed E-state index contributed by atoms with van der Waals surface area (Å²) in [4.78, 5) is 12.5. The Morgan fingerprint density at radius 1 is 1.15 bits per heavy atom. The quantitative estimate of drug-likeness (QED) is 0.365. The van der Waals surface area contributed by atoms with Crippen LogP contribution in [0.4, 0.5) is 5.69 Å². The smallest absolute Gasteiger partial charge is 0.234 e. The highest BCUT2D eigenvalue weighted by Crippen LogP contribution is 2.28. The number of carbonyl (C=O) groups excluding carboxylic acids is 1. The van der Waals surface area contributed by atoms with E-state index in [2.05, 4.69) is 29.4 Å². The van der Waals surface area contributed by atoms with Crippen LogP contribution in [0.1, 0.15) is 38.3 Å². The molecule has 33 heavy (non-hydrogen) atoms. The maximum absolute atomic E-state index is 12.5. The van der Waals surface area contributed by atoms with Crippen LogP contribution in [-0.4, -0.2) is 33.5 Å². The van der Waals surface area contributed by atoms with Crippen molar-refractivity contribution in [2.45, 2.75) is 45.5 Å². The summed E-state index contributed by atoms with van der Waals surface area (Å²) < 4.78 is 13.4. The summed E-state index contributed by atoms with van der Waals surface area (Å²) in [7, 11) is 1.62. The van der Waals surface area contributed by atoms with Crippen molar-refractivity contribution in [1.29, 1.82) is 0 Å². The molecule has 1 heterocycles. The number of nitrogens with zero attached hydrogens (tertiary/aromatic N) is 3. The Labute approximate surface area is 203 Å². The Kier molecular flexibility index (Phi) is 8.63. The largest absolute Gasteiger partial charge is 0.497 e. The van der Waals surface area contributed by atoms with E-state index < -0.39 is 0 Å². The zero-order valence-corrected chi connectivity index (χ0v) is 21.0. The normalized spacial score (nSPS) is 12.0. The zero-order valence-electron chi connectivity index (χ0n) is 19.5. The summed E-state index contributed by atoms with van der Waals surface area (Å²) in [6, 6.07) is 12.9. The SMILES string of the molecule is COc1cccc(OC(C)c2nnc(SCC(=O)Nc3ccc(C)c(Cl)c3)n2CC(C)C)c1. The number of benzene rings is 2. The molecule has 1 aromatic heterocycles. The number of ether oxygens (including phenoxy) is 2. The third-order valence-corrected chi connectivity index (χ3v) is 6.17. The van der Waals surface area contributed by atoms with Gasteiger partial charge < -0.3 is 19.4 Å². The number of aromatic nitrogens is 3. The maximum Gasteiger partial charge on any atom is 0.234 e. The topological polar surface area (TPSA) is 78.3 Å². The third kappa shape index (κ3) is 6.88. The second-order valence-electron chi connectivity index (χ2n) is 8.09. The van der Waals surface area contributed by atoms with Crippen LogP contribution in [0.5, 0.6) is 11.5 Å². The average Bonchev–Trinajstić information content (AvgIpc) is 3.17. The van der Waals surface area contributed by atoms with Gasteiger partial charge in [-0.1, -0.05) is 49.3 Å². The molecule has 1 N–H and O–H groups in total. The van der Waals surface area contributed by atoms with Crippen molar-refractivity contribution in [2.75, 3.05) is 18.2 Å². The molecule has 0 radical (unpaired) electrons. The average molecular weight is 489 g/mol. The van der Waals surface area contributed by atoms with E-state index in [1.54, 1.807) is 13.2 Å². The van der Waals surface area contributed by atoms with Crippen LogP contribution >= 0.6 is 23.4 Å². The van der Waals surface area contributed by atoms with Crippen LogP contribution in [0.2, 0.25) is 5.02 Å². The van der Waals surface area contributed by atoms with Gasteiger partial charge in [0.15, 0.2) is 17.1 Å². The van der Waals surface area contributed by atoms with Crippen LogP contribution in [0.3, 0.4) is 0 Å². The van der Waals surface area contributed by atoms with Crippen molar-refractivity contribution < 1.29 is 14.3 Å². The van der Waals surface area contributed by atoms with Gasteiger partial charge in [-0.2, -0.15) is 0 Å². The first-order valence-corrected chi connectivity index (χ1v) is 12.1. The summed E-state index contributed by atoms with van der Waals surface area (Å²) in [5.74, 6) is 2.55. The predicted molar refractivity (Wildman–Crippen MR) is 132 cm³/mol. The highest BCUT2D eigenvalue weighted by Gasteiger charge is 2.21. The minimum absolute atomic E-state index is 0.138. The van der Waals surface area contributed by atoms with Crippen LogP contribution in [0, 0.1) is 12.8 Å². The molecule has 0 fully saturated rings.